The number of ether oxygens (including phenoxy) is 1. The second kappa shape index (κ2) is 2.78. The number of rotatable bonds is 2. The van der Waals surface area contributed by atoms with E-state index in [4.69, 9.17) is 4.74 Å². The minimum Gasteiger partial charge on any atom is -0.366 e. The summed E-state index contributed by atoms with van der Waals surface area (Å²) in [5.41, 5.74) is -2.47. The Morgan fingerprint density at radius 1 is 1.60 bits per heavy atom. The maximum atomic E-state index is 13.2. The van der Waals surface area contributed by atoms with Crippen LogP contribution in [0.25, 0.3) is 0 Å². The van der Waals surface area contributed by atoms with Crippen molar-refractivity contribution < 1.29 is 18.3 Å². The van der Waals surface area contributed by atoms with Crippen LogP contribution in [0, 0.1) is 0 Å². The molecule has 1 spiro atoms. The smallest absolute Gasteiger partial charge is 0.282 e. The second-order valence-corrected chi connectivity index (χ2v) is 4.33. The van der Waals surface area contributed by atoms with Gasteiger partial charge in [-0.05, 0) is 19.4 Å². The Kier molecular flexibility index (Phi) is 1.96. The van der Waals surface area contributed by atoms with E-state index < -0.39 is 23.0 Å². The predicted octanol–water partition coefficient (Wildman–Crippen LogP) is 1.25. The predicted molar refractivity (Wildman–Crippen MR) is 49.6 cm³/mol. The molecule has 2 rings (SSSR count). The summed E-state index contributed by atoms with van der Waals surface area (Å²) in [5, 5.41) is 2.55. The molecule has 0 aromatic rings. The quantitative estimate of drug-likeness (QED) is 0.707. The molecule has 1 N–H and O–H groups in total. The van der Waals surface area contributed by atoms with Crippen LogP contribution in [0.3, 0.4) is 0 Å². The van der Waals surface area contributed by atoms with Crippen molar-refractivity contribution in [2.75, 3.05) is 6.61 Å². The van der Waals surface area contributed by atoms with Gasteiger partial charge in [0, 0.05) is 0 Å². The molecule has 0 aromatic heterocycles. The van der Waals surface area contributed by atoms with Crippen LogP contribution >= 0.6 is 0 Å². The lowest BCUT2D eigenvalue weighted by Gasteiger charge is -2.30. The first-order valence-electron chi connectivity index (χ1n) is 4.83. The van der Waals surface area contributed by atoms with Crippen LogP contribution in [0.15, 0.2) is 12.7 Å². The number of nitrogens with one attached hydrogen (secondary N) is 1. The highest BCUT2D eigenvalue weighted by Gasteiger charge is 2.82. The molecule has 1 aliphatic heterocycles. The van der Waals surface area contributed by atoms with Crippen molar-refractivity contribution in [3.05, 3.63) is 12.7 Å². The zero-order valence-electron chi connectivity index (χ0n) is 8.48. The molecule has 0 aromatic carbocycles. The van der Waals surface area contributed by atoms with Gasteiger partial charge in [0.1, 0.15) is 0 Å². The minimum atomic E-state index is -2.83. The van der Waals surface area contributed by atoms with E-state index in [0.717, 1.165) is 6.08 Å². The van der Waals surface area contributed by atoms with Gasteiger partial charge in [0.15, 0.2) is 5.60 Å². The van der Waals surface area contributed by atoms with E-state index in [-0.39, 0.29) is 13.0 Å². The average Bonchev–Trinajstić information content (AvgIpc) is 2.54. The van der Waals surface area contributed by atoms with Crippen molar-refractivity contribution in [3.63, 3.8) is 0 Å². The van der Waals surface area contributed by atoms with Gasteiger partial charge in [0.25, 0.3) is 5.92 Å². The molecule has 2 fully saturated rings. The number of carbonyl (C=O) groups is 1. The van der Waals surface area contributed by atoms with Gasteiger partial charge in [-0.3, -0.25) is 4.79 Å². The molecule has 1 heterocycles. The third-order valence-electron chi connectivity index (χ3n) is 3.36. The van der Waals surface area contributed by atoms with Gasteiger partial charge < -0.3 is 10.1 Å². The maximum Gasteiger partial charge on any atom is 0.282 e. The topological polar surface area (TPSA) is 38.3 Å². The van der Waals surface area contributed by atoms with Crippen molar-refractivity contribution in [1.82, 2.24) is 5.32 Å². The van der Waals surface area contributed by atoms with Crippen molar-refractivity contribution >= 4 is 5.91 Å². The molecule has 1 saturated carbocycles. The van der Waals surface area contributed by atoms with Crippen LogP contribution in [0.5, 0.6) is 0 Å². The largest absolute Gasteiger partial charge is 0.366 e. The summed E-state index contributed by atoms with van der Waals surface area (Å²) in [4.78, 5) is 11.2. The summed E-state index contributed by atoms with van der Waals surface area (Å²) in [7, 11) is 0. The number of hydrogen-bond donors (Lipinski definition) is 1. The van der Waals surface area contributed by atoms with Crippen molar-refractivity contribution in [1.29, 1.82) is 0 Å². The first-order chi connectivity index (χ1) is 6.87. The Labute approximate surface area is 86.5 Å². The van der Waals surface area contributed by atoms with Gasteiger partial charge in [-0.1, -0.05) is 6.58 Å². The number of amides is 1. The SMILES string of the molecule is C=CC(=O)NC1(C)CCOC12CC2(F)F. The summed E-state index contributed by atoms with van der Waals surface area (Å²) in [6.07, 6.45) is 1.17. The Morgan fingerprint density at radius 2 is 2.20 bits per heavy atom. The molecule has 2 unspecified atom stereocenters. The molecular weight excluding hydrogens is 204 g/mol. The van der Waals surface area contributed by atoms with Gasteiger partial charge in [-0.2, -0.15) is 0 Å². The molecule has 0 bridgehead atoms. The van der Waals surface area contributed by atoms with Crippen LogP contribution in [-0.4, -0.2) is 29.6 Å². The first-order valence-corrected chi connectivity index (χ1v) is 4.83. The van der Waals surface area contributed by atoms with E-state index in [1.807, 2.05) is 0 Å². The second-order valence-electron chi connectivity index (χ2n) is 4.33. The fraction of sp³-hybridized carbons (Fsp3) is 0.700. The highest BCUT2D eigenvalue weighted by molar-refractivity contribution is 5.87. The number of alkyl halides is 2. The highest BCUT2D eigenvalue weighted by atomic mass is 19.3. The van der Waals surface area contributed by atoms with E-state index in [0.29, 0.717) is 6.42 Å². The monoisotopic (exact) mass is 217 g/mol. The number of halogens is 2. The summed E-state index contributed by atoms with van der Waals surface area (Å²) < 4.78 is 31.6. The summed E-state index contributed by atoms with van der Waals surface area (Å²) in [6, 6.07) is 0. The lowest BCUT2D eigenvalue weighted by Crippen LogP contribution is -2.55. The normalized spacial score (nSPS) is 41.5. The molecule has 84 valence electrons. The van der Waals surface area contributed by atoms with Crippen LogP contribution < -0.4 is 5.32 Å². The van der Waals surface area contributed by atoms with Gasteiger partial charge >= 0.3 is 0 Å². The lowest BCUT2D eigenvalue weighted by atomic mass is 9.90. The van der Waals surface area contributed by atoms with E-state index in [9.17, 15) is 13.6 Å². The van der Waals surface area contributed by atoms with E-state index >= 15 is 0 Å². The fourth-order valence-corrected chi connectivity index (χ4v) is 2.30. The van der Waals surface area contributed by atoms with Gasteiger partial charge in [-0.15, -0.1) is 0 Å². The molecule has 1 amide bonds. The Hall–Kier alpha value is -0.970. The van der Waals surface area contributed by atoms with Crippen LogP contribution in [0.1, 0.15) is 19.8 Å². The summed E-state index contributed by atoms with van der Waals surface area (Å²) in [6.45, 7) is 5.15. The summed E-state index contributed by atoms with van der Waals surface area (Å²) >= 11 is 0. The number of hydrogen-bond acceptors (Lipinski definition) is 2. The van der Waals surface area contributed by atoms with Crippen molar-refractivity contribution in [2.24, 2.45) is 0 Å². The highest BCUT2D eigenvalue weighted by Crippen LogP contribution is 2.64. The number of carbonyl (C=O) groups excluding carboxylic acids is 1. The lowest BCUT2D eigenvalue weighted by molar-refractivity contribution is -0.120. The first kappa shape index (κ1) is 10.5. The van der Waals surface area contributed by atoms with E-state index in [1.165, 1.54) is 0 Å². The Bertz CT molecular complexity index is 327. The molecule has 15 heavy (non-hydrogen) atoms. The molecule has 3 nitrogen and oxygen atoms in total. The van der Waals surface area contributed by atoms with Crippen LogP contribution in [-0.2, 0) is 9.53 Å². The third-order valence-corrected chi connectivity index (χ3v) is 3.36. The van der Waals surface area contributed by atoms with E-state index in [2.05, 4.69) is 11.9 Å². The van der Waals surface area contributed by atoms with Crippen LogP contribution in [0.2, 0.25) is 0 Å². The average molecular weight is 217 g/mol. The van der Waals surface area contributed by atoms with Gasteiger partial charge in [0.2, 0.25) is 5.91 Å². The standard InChI is InChI=1S/C10H13F2NO2/c1-3-7(14)13-8(2)4-5-15-9(8)6-10(9,11)12/h3H,1,4-6H2,2H3,(H,13,14). The third kappa shape index (κ3) is 1.22. The van der Waals surface area contributed by atoms with Gasteiger partial charge in [-0.25, -0.2) is 8.78 Å². The molecule has 1 aliphatic carbocycles. The zero-order valence-corrected chi connectivity index (χ0v) is 8.48. The fourth-order valence-electron chi connectivity index (χ4n) is 2.30. The minimum absolute atomic E-state index is 0.253. The van der Waals surface area contributed by atoms with Crippen LogP contribution in [0.4, 0.5) is 8.78 Å². The van der Waals surface area contributed by atoms with Gasteiger partial charge in [0.05, 0.1) is 18.6 Å². The zero-order chi connectivity index (χ0) is 11.3. The summed E-state index contributed by atoms with van der Waals surface area (Å²) in [5.74, 6) is -3.27. The molecule has 5 heteroatoms. The molecule has 1 saturated heterocycles. The maximum absolute atomic E-state index is 13.2. The van der Waals surface area contributed by atoms with Crippen molar-refractivity contribution in [2.45, 2.75) is 36.8 Å². The Balaban J connectivity index is 2.21. The molecule has 2 aliphatic rings. The molecule has 2 atom stereocenters. The van der Waals surface area contributed by atoms with E-state index in [1.54, 1.807) is 6.92 Å². The molecule has 0 radical (unpaired) electrons. The van der Waals surface area contributed by atoms with Crippen molar-refractivity contribution in [3.8, 4) is 0 Å². The Morgan fingerprint density at radius 3 is 2.67 bits per heavy atom. The molecular formula is C10H13F2NO2.